The Bertz CT molecular complexity index is 1730. The topological polar surface area (TPSA) is 80.0 Å². The van der Waals surface area contributed by atoms with E-state index in [9.17, 15) is 9.59 Å². The van der Waals surface area contributed by atoms with Gasteiger partial charge in [0.25, 0.3) is 5.91 Å². The summed E-state index contributed by atoms with van der Waals surface area (Å²) >= 11 is 0. The van der Waals surface area contributed by atoms with Crippen molar-refractivity contribution in [3.8, 4) is 11.3 Å². The molecule has 8 nitrogen and oxygen atoms in total. The van der Waals surface area contributed by atoms with E-state index in [1.807, 2.05) is 36.1 Å². The van der Waals surface area contributed by atoms with Crippen LogP contribution in [0.4, 0.5) is 10.1 Å². The first-order chi connectivity index (χ1) is 20.8. The van der Waals surface area contributed by atoms with Crippen molar-refractivity contribution in [1.82, 2.24) is 19.5 Å². The number of carbonyl (C=O) groups excluding carboxylic acids is 2. The number of nitrogens with zero attached hydrogens (tertiary/aromatic N) is 5. The molecule has 4 aromatic rings. The smallest absolute Gasteiger partial charge is 0.311 e. The molecule has 2 unspecified atom stereocenters. The SMILES string of the molecule is CCOC(=O)C1CCN(c2ccc(-c3cc4nc(C(=O)N5CCc6ccccc6[C@H]5C)cc(C5CC5)n4n3)c(F)c2)C1C. The van der Waals surface area contributed by atoms with Gasteiger partial charge in [0, 0.05) is 48.1 Å². The number of rotatable bonds is 6. The summed E-state index contributed by atoms with van der Waals surface area (Å²) in [6, 6.07) is 17.0. The van der Waals surface area contributed by atoms with Gasteiger partial charge in [-0.05, 0) is 81.8 Å². The molecule has 0 N–H and O–H groups in total. The molecule has 1 saturated carbocycles. The van der Waals surface area contributed by atoms with E-state index in [0.29, 0.717) is 54.6 Å². The quantitative estimate of drug-likeness (QED) is 0.262. The number of hydrogen-bond donors (Lipinski definition) is 0. The minimum Gasteiger partial charge on any atom is -0.466 e. The van der Waals surface area contributed by atoms with Gasteiger partial charge in [-0.2, -0.15) is 5.10 Å². The van der Waals surface area contributed by atoms with Gasteiger partial charge in [0.05, 0.1) is 24.3 Å². The molecule has 43 heavy (non-hydrogen) atoms. The Morgan fingerprint density at radius 1 is 1.02 bits per heavy atom. The van der Waals surface area contributed by atoms with Crippen LogP contribution in [0.2, 0.25) is 0 Å². The van der Waals surface area contributed by atoms with Gasteiger partial charge in [0.15, 0.2) is 5.65 Å². The van der Waals surface area contributed by atoms with Gasteiger partial charge in [-0.25, -0.2) is 13.9 Å². The lowest BCUT2D eigenvalue weighted by molar-refractivity contribution is -0.148. The van der Waals surface area contributed by atoms with Gasteiger partial charge < -0.3 is 14.5 Å². The number of hydrogen-bond acceptors (Lipinski definition) is 6. The summed E-state index contributed by atoms with van der Waals surface area (Å²) in [7, 11) is 0. The first-order valence-electron chi connectivity index (χ1n) is 15.4. The Morgan fingerprint density at radius 3 is 2.60 bits per heavy atom. The third-order valence-corrected chi connectivity index (χ3v) is 9.43. The molecule has 4 heterocycles. The summed E-state index contributed by atoms with van der Waals surface area (Å²) in [5.74, 6) is -0.605. The van der Waals surface area contributed by atoms with Crippen molar-refractivity contribution in [3.63, 3.8) is 0 Å². The average molecular weight is 582 g/mol. The molecule has 2 fully saturated rings. The van der Waals surface area contributed by atoms with Crippen molar-refractivity contribution in [2.45, 2.75) is 64.5 Å². The molecular formula is C34H36FN5O3. The number of fused-ring (bicyclic) bond motifs is 2. The fourth-order valence-electron chi connectivity index (χ4n) is 6.86. The maximum absolute atomic E-state index is 15.7. The summed E-state index contributed by atoms with van der Waals surface area (Å²) in [6.07, 6.45) is 3.55. The zero-order valence-electron chi connectivity index (χ0n) is 24.8. The van der Waals surface area contributed by atoms with Crippen LogP contribution < -0.4 is 4.90 Å². The van der Waals surface area contributed by atoms with Crippen LogP contribution in [-0.2, 0) is 16.0 Å². The molecule has 2 aromatic heterocycles. The van der Waals surface area contributed by atoms with Crippen LogP contribution in [0.3, 0.4) is 0 Å². The molecule has 3 aliphatic rings. The molecule has 0 radical (unpaired) electrons. The molecule has 1 saturated heterocycles. The first-order valence-corrected chi connectivity index (χ1v) is 15.4. The zero-order chi connectivity index (χ0) is 29.8. The molecule has 0 spiro atoms. The number of halogens is 1. The molecule has 2 aromatic carbocycles. The van der Waals surface area contributed by atoms with E-state index in [4.69, 9.17) is 14.8 Å². The van der Waals surface area contributed by atoms with Crippen LogP contribution in [0.15, 0.2) is 54.6 Å². The third kappa shape index (κ3) is 4.84. The number of amides is 1. The molecule has 3 atom stereocenters. The molecule has 0 bridgehead atoms. The van der Waals surface area contributed by atoms with E-state index in [-0.39, 0.29) is 29.9 Å². The van der Waals surface area contributed by atoms with Gasteiger partial charge in [0.1, 0.15) is 11.5 Å². The minimum atomic E-state index is -0.391. The van der Waals surface area contributed by atoms with Crippen LogP contribution >= 0.6 is 0 Å². The fourth-order valence-corrected chi connectivity index (χ4v) is 6.86. The Hall–Kier alpha value is -4.27. The maximum atomic E-state index is 15.7. The van der Waals surface area contributed by atoms with Gasteiger partial charge in [-0.3, -0.25) is 9.59 Å². The Kier molecular flexibility index (Phi) is 6.91. The fraction of sp³-hybridized carbons (Fsp3) is 0.412. The highest BCUT2D eigenvalue weighted by molar-refractivity contribution is 5.93. The van der Waals surface area contributed by atoms with Gasteiger partial charge in [-0.1, -0.05) is 24.3 Å². The van der Waals surface area contributed by atoms with E-state index in [0.717, 1.165) is 30.6 Å². The molecule has 1 amide bonds. The summed E-state index contributed by atoms with van der Waals surface area (Å²) in [5.41, 5.74) is 5.93. The summed E-state index contributed by atoms with van der Waals surface area (Å²) in [6.45, 7) is 7.50. The van der Waals surface area contributed by atoms with E-state index < -0.39 is 5.82 Å². The minimum absolute atomic E-state index is 0.0428. The maximum Gasteiger partial charge on any atom is 0.311 e. The van der Waals surface area contributed by atoms with E-state index in [2.05, 4.69) is 24.0 Å². The number of aromatic nitrogens is 3. The third-order valence-electron chi connectivity index (χ3n) is 9.43. The Morgan fingerprint density at radius 2 is 1.84 bits per heavy atom. The normalized spacial score (nSPS) is 21.7. The number of esters is 1. The molecule has 9 heteroatoms. The van der Waals surface area contributed by atoms with E-state index in [1.165, 1.54) is 17.2 Å². The van der Waals surface area contributed by atoms with Crippen molar-refractivity contribution < 1.29 is 18.7 Å². The van der Waals surface area contributed by atoms with Crippen LogP contribution in [0.1, 0.15) is 79.3 Å². The average Bonchev–Trinajstić information content (AvgIpc) is 3.65. The summed E-state index contributed by atoms with van der Waals surface area (Å²) in [4.78, 5) is 34.9. The molecule has 222 valence electrons. The second-order valence-electron chi connectivity index (χ2n) is 12.0. The van der Waals surface area contributed by atoms with E-state index >= 15 is 4.39 Å². The standard InChI is InChI=1S/C34H36FN5O3/c1-4-43-34(42)26-14-16-38(21(26)3)24-11-12-27(28(35)17-24)29-19-32-36-30(18-31(23-9-10-23)40(32)37-29)33(41)39-15-13-22-7-5-6-8-25(22)20(39)2/h5-8,11-12,17-21,23,26H,4,9-10,13-16H2,1-3H3/t20-,21?,26?/m1/s1. The van der Waals surface area contributed by atoms with Crippen molar-refractivity contribution in [3.05, 3.63) is 82.9 Å². The summed E-state index contributed by atoms with van der Waals surface area (Å²) < 4.78 is 22.7. The van der Waals surface area contributed by atoms with Crippen molar-refractivity contribution in [2.24, 2.45) is 5.92 Å². The van der Waals surface area contributed by atoms with Gasteiger partial charge >= 0.3 is 5.97 Å². The van der Waals surface area contributed by atoms with Crippen molar-refractivity contribution >= 4 is 23.2 Å². The van der Waals surface area contributed by atoms with Gasteiger partial charge in [0.2, 0.25) is 0 Å². The lowest BCUT2D eigenvalue weighted by Crippen LogP contribution is -2.39. The van der Waals surface area contributed by atoms with Crippen molar-refractivity contribution in [2.75, 3.05) is 24.6 Å². The number of carbonyl (C=O) groups is 2. The molecule has 7 rings (SSSR count). The number of ether oxygens (including phenoxy) is 1. The predicted octanol–water partition coefficient (Wildman–Crippen LogP) is 5.95. The molecular weight excluding hydrogens is 545 g/mol. The predicted molar refractivity (Wildman–Crippen MR) is 162 cm³/mol. The van der Waals surface area contributed by atoms with Crippen LogP contribution in [0.5, 0.6) is 0 Å². The highest BCUT2D eigenvalue weighted by atomic mass is 19.1. The van der Waals surface area contributed by atoms with Crippen molar-refractivity contribution in [1.29, 1.82) is 0 Å². The van der Waals surface area contributed by atoms with Crippen LogP contribution in [-0.4, -0.2) is 57.1 Å². The summed E-state index contributed by atoms with van der Waals surface area (Å²) in [5, 5.41) is 4.77. The number of benzene rings is 2. The largest absolute Gasteiger partial charge is 0.466 e. The second-order valence-corrected chi connectivity index (χ2v) is 12.0. The highest BCUT2D eigenvalue weighted by Crippen LogP contribution is 2.41. The first kappa shape index (κ1) is 27.6. The van der Waals surface area contributed by atoms with Crippen LogP contribution in [0.25, 0.3) is 16.9 Å². The Labute approximate surface area is 250 Å². The van der Waals surface area contributed by atoms with E-state index in [1.54, 1.807) is 23.6 Å². The molecule has 1 aliphatic carbocycles. The zero-order valence-corrected chi connectivity index (χ0v) is 24.8. The lowest BCUT2D eigenvalue weighted by Gasteiger charge is -2.35. The lowest BCUT2D eigenvalue weighted by atomic mass is 9.93. The van der Waals surface area contributed by atoms with Crippen LogP contribution in [0, 0.1) is 11.7 Å². The van der Waals surface area contributed by atoms with Gasteiger partial charge in [-0.15, -0.1) is 0 Å². The highest BCUT2D eigenvalue weighted by Gasteiger charge is 2.37. The Balaban J connectivity index is 1.18. The number of anilines is 1. The second kappa shape index (κ2) is 10.8. The molecule has 2 aliphatic heterocycles. The monoisotopic (exact) mass is 581 g/mol.